The van der Waals surface area contributed by atoms with Gasteiger partial charge in [-0.25, -0.2) is 8.42 Å². The molecule has 0 unspecified atom stereocenters. The lowest BCUT2D eigenvalue weighted by atomic mass is 10.0. The van der Waals surface area contributed by atoms with Gasteiger partial charge in [-0.2, -0.15) is 0 Å². The summed E-state index contributed by atoms with van der Waals surface area (Å²) in [6, 6.07) is 24.8. The molecule has 3 aromatic carbocycles. The highest BCUT2D eigenvalue weighted by atomic mass is 32.2. The van der Waals surface area contributed by atoms with Gasteiger partial charge in [-0.3, -0.25) is 0 Å². The van der Waals surface area contributed by atoms with Crippen molar-refractivity contribution in [3.05, 3.63) is 95.4 Å². The standard InChI is InChI=1S/C21H18O2S/c1-17-7-13-21(14-8-17)24(22,23)16-15-18-9-11-20(12-10-18)19-5-3-2-4-6-19/h2-16H,1H3/b16-15+. The summed E-state index contributed by atoms with van der Waals surface area (Å²) >= 11 is 0. The predicted octanol–water partition coefficient (Wildman–Crippen LogP) is 5.11. The van der Waals surface area contributed by atoms with Crippen molar-refractivity contribution in [3.63, 3.8) is 0 Å². The fraction of sp³-hybridized carbons (Fsp3) is 0.0476. The van der Waals surface area contributed by atoms with Crippen LogP contribution in [0.1, 0.15) is 11.1 Å². The zero-order valence-electron chi connectivity index (χ0n) is 13.4. The SMILES string of the molecule is Cc1ccc(S(=O)(=O)/C=C/c2ccc(-c3ccccc3)cc2)cc1. The molecule has 0 fully saturated rings. The summed E-state index contributed by atoms with van der Waals surface area (Å²) in [5.74, 6) is 0. The van der Waals surface area contributed by atoms with Gasteiger partial charge >= 0.3 is 0 Å². The molecule has 120 valence electrons. The van der Waals surface area contributed by atoms with Crippen LogP contribution in [-0.4, -0.2) is 8.42 Å². The van der Waals surface area contributed by atoms with Gasteiger partial charge in [-0.1, -0.05) is 72.3 Å². The summed E-state index contributed by atoms with van der Waals surface area (Å²) in [6.45, 7) is 1.93. The van der Waals surface area contributed by atoms with Gasteiger partial charge in [0.25, 0.3) is 0 Å². The van der Waals surface area contributed by atoms with Gasteiger partial charge in [-0.15, -0.1) is 0 Å². The summed E-state index contributed by atoms with van der Waals surface area (Å²) in [5, 5.41) is 1.26. The smallest absolute Gasteiger partial charge is 0.199 e. The minimum absolute atomic E-state index is 0.310. The molecular formula is C21H18O2S. The minimum atomic E-state index is -3.42. The van der Waals surface area contributed by atoms with Crippen molar-refractivity contribution in [3.8, 4) is 11.1 Å². The highest BCUT2D eigenvalue weighted by Gasteiger charge is 2.09. The lowest BCUT2D eigenvalue weighted by molar-refractivity contribution is 0.605. The Morgan fingerprint density at radius 1 is 0.708 bits per heavy atom. The van der Waals surface area contributed by atoms with E-state index in [1.54, 1.807) is 30.3 Å². The molecule has 2 nitrogen and oxygen atoms in total. The fourth-order valence-electron chi connectivity index (χ4n) is 2.39. The molecule has 0 bridgehead atoms. The quantitative estimate of drug-likeness (QED) is 0.664. The van der Waals surface area contributed by atoms with E-state index in [9.17, 15) is 8.42 Å². The third kappa shape index (κ3) is 3.81. The van der Waals surface area contributed by atoms with E-state index >= 15 is 0 Å². The molecule has 0 radical (unpaired) electrons. The number of hydrogen-bond donors (Lipinski definition) is 0. The second-order valence-electron chi connectivity index (χ2n) is 5.65. The zero-order valence-corrected chi connectivity index (χ0v) is 14.2. The predicted molar refractivity (Wildman–Crippen MR) is 99.3 cm³/mol. The first-order valence-electron chi connectivity index (χ1n) is 7.70. The number of hydrogen-bond acceptors (Lipinski definition) is 2. The Morgan fingerprint density at radius 2 is 1.29 bits per heavy atom. The molecular weight excluding hydrogens is 316 g/mol. The van der Waals surface area contributed by atoms with Crippen LogP contribution in [0.15, 0.2) is 89.2 Å². The van der Waals surface area contributed by atoms with Gasteiger partial charge in [-0.05, 0) is 41.8 Å². The molecule has 0 aliphatic carbocycles. The Bertz CT molecular complexity index is 937. The van der Waals surface area contributed by atoms with E-state index in [0.717, 1.165) is 22.3 Å². The monoisotopic (exact) mass is 334 g/mol. The Hall–Kier alpha value is -2.65. The summed E-state index contributed by atoms with van der Waals surface area (Å²) in [6.07, 6.45) is 1.63. The third-order valence-electron chi connectivity index (χ3n) is 3.81. The summed E-state index contributed by atoms with van der Waals surface area (Å²) in [5.41, 5.74) is 4.13. The van der Waals surface area contributed by atoms with Gasteiger partial charge in [0, 0.05) is 5.41 Å². The normalized spacial score (nSPS) is 11.7. The van der Waals surface area contributed by atoms with Gasteiger partial charge in [0.05, 0.1) is 4.90 Å². The molecule has 0 spiro atoms. The Labute approximate surface area is 143 Å². The Morgan fingerprint density at radius 3 is 1.92 bits per heavy atom. The van der Waals surface area contributed by atoms with Crippen molar-refractivity contribution in [2.75, 3.05) is 0 Å². The van der Waals surface area contributed by atoms with Crippen molar-refractivity contribution in [2.45, 2.75) is 11.8 Å². The van der Waals surface area contributed by atoms with Crippen molar-refractivity contribution >= 4 is 15.9 Å². The topological polar surface area (TPSA) is 34.1 Å². The van der Waals surface area contributed by atoms with Gasteiger partial charge in [0.1, 0.15) is 0 Å². The van der Waals surface area contributed by atoms with Crippen LogP contribution >= 0.6 is 0 Å². The van der Waals surface area contributed by atoms with Crippen LogP contribution in [0.25, 0.3) is 17.2 Å². The molecule has 0 aliphatic heterocycles. The molecule has 0 aromatic heterocycles. The van der Waals surface area contributed by atoms with Gasteiger partial charge in [0.15, 0.2) is 9.84 Å². The number of sulfone groups is 1. The first-order chi connectivity index (χ1) is 11.5. The van der Waals surface area contributed by atoms with Crippen LogP contribution in [0.4, 0.5) is 0 Å². The lowest BCUT2D eigenvalue weighted by Gasteiger charge is -2.02. The highest BCUT2D eigenvalue weighted by molar-refractivity contribution is 7.94. The number of aryl methyl sites for hydroxylation is 1. The average Bonchev–Trinajstić information content (AvgIpc) is 2.62. The van der Waals surface area contributed by atoms with Crippen molar-refractivity contribution in [2.24, 2.45) is 0 Å². The molecule has 3 heteroatoms. The summed E-state index contributed by atoms with van der Waals surface area (Å²) < 4.78 is 24.6. The van der Waals surface area contributed by atoms with Crippen molar-refractivity contribution in [1.29, 1.82) is 0 Å². The van der Waals surface area contributed by atoms with Crippen molar-refractivity contribution < 1.29 is 8.42 Å². The zero-order chi connectivity index (χ0) is 17.0. The van der Waals surface area contributed by atoms with Gasteiger partial charge < -0.3 is 0 Å². The van der Waals surface area contributed by atoms with E-state index < -0.39 is 9.84 Å². The van der Waals surface area contributed by atoms with E-state index in [4.69, 9.17) is 0 Å². The molecule has 24 heavy (non-hydrogen) atoms. The van der Waals surface area contributed by atoms with Crippen LogP contribution in [0.2, 0.25) is 0 Å². The van der Waals surface area contributed by atoms with Crippen LogP contribution in [0.5, 0.6) is 0 Å². The Kier molecular flexibility index (Phi) is 4.63. The first-order valence-corrected chi connectivity index (χ1v) is 9.24. The molecule has 3 rings (SSSR count). The van der Waals surface area contributed by atoms with E-state index in [0.29, 0.717) is 4.90 Å². The maximum atomic E-state index is 12.3. The second-order valence-corrected chi connectivity index (χ2v) is 7.48. The largest absolute Gasteiger partial charge is 0.219 e. The number of benzene rings is 3. The third-order valence-corrected chi connectivity index (χ3v) is 5.23. The van der Waals surface area contributed by atoms with Crippen LogP contribution in [-0.2, 0) is 9.84 Å². The molecule has 3 aromatic rings. The molecule has 0 saturated carbocycles. The first kappa shape index (κ1) is 16.2. The van der Waals surface area contributed by atoms with Crippen molar-refractivity contribution in [1.82, 2.24) is 0 Å². The Balaban J connectivity index is 1.80. The maximum Gasteiger partial charge on any atom is 0.199 e. The second kappa shape index (κ2) is 6.85. The summed E-state index contributed by atoms with van der Waals surface area (Å²) in [7, 11) is -3.42. The molecule has 0 N–H and O–H groups in total. The highest BCUT2D eigenvalue weighted by Crippen LogP contribution is 2.20. The molecule has 0 heterocycles. The molecule has 0 atom stereocenters. The van der Waals surface area contributed by atoms with E-state index in [2.05, 4.69) is 0 Å². The van der Waals surface area contributed by atoms with E-state index in [1.165, 1.54) is 5.41 Å². The minimum Gasteiger partial charge on any atom is -0.219 e. The lowest BCUT2D eigenvalue weighted by Crippen LogP contribution is -1.95. The van der Waals surface area contributed by atoms with Gasteiger partial charge in [0.2, 0.25) is 0 Å². The maximum absolute atomic E-state index is 12.3. The number of rotatable bonds is 4. The van der Waals surface area contributed by atoms with Crippen LogP contribution in [0, 0.1) is 6.92 Å². The average molecular weight is 334 g/mol. The summed E-state index contributed by atoms with van der Waals surface area (Å²) in [4.78, 5) is 0.310. The van der Waals surface area contributed by atoms with Crippen LogP contribution < -0.4 is 0 Å². The molecule has 0 saturated heterocycles. The molecule has 0 aliphatic rings. The fourth-order valence-corrected chi connectivity index (χ4v) is 3.40. The van der Waals surface area contributed by atoms with E-state index in [1.807, 2.05) is 61.5 Å². The van der Waals surface area contributed by atoms with E-state index in [-0.39, 0.29) is 0 Å². The van der Waals surface area contributed by atoms with Crippen LogP contribution in [0.3, 0.4) is 0 Å². The molecule has 0 amide bonds.